The summed E-state index contributed by atoms with van der Waals surface area (Å²) >= 11 is 6.30. The van der Waals surface area contributed by atoms with E-state index in [-0.39, 0.29) is 29.6 Å². The van der Waals surface area contributed by atoms with Crippen molar-refractivity contribution in [2.75, 3.05) is 13.1 Å². The molecule has 11 heteroatoms. The number of halogens is 3. The molecule has 2 atom stereocenters. The smallest absolute Gasteiger partial charge is 0.258 e. The highest BCUT2D eigenvalue weighted by molar-refractivity contribution is 6.31. The molecule has 0 spiro atoms. The van der Waals surface area contributed by atoms with Crippen LogP contribution in [-0.4, -0.2) is 55.8 Å². The van der Waals surface area contributed by atoms with E-state index in [0.29, 0.717) is 49.0 Å². The average molecular weight is 496 g/mol. The number of hydrogen-bond acceptors (Lipinski definition) is 6. The molecule has 33 heavy (non-hydrogen) atoms. The van der Waals surface area contributed by atoms with Gasteiger partial charge in [-0.25, -0.2) is 13.9 Å². The van der Waals surface area contributed by atoms with Gasteiger partial charge in [-0.1, -0.05) is 11.6 Å². The Labute approximate surface area is 201 Å². The zero-order valence-electron chi connectivity index (χ0n) is 18.1. The molecule has 2 aliphatic heterocycles. The first-order valence-corrected chi connectivity index (χ1v) is 10.9. The molecule has 0 radical (unpaired) electrons. The van der Waals surface area contributed by atoms with Crippen molar-refractivity contribution >= 4 is 35.6 Å². The molecule has 1 aromatic carbocycles. The zero-order valence-corrected chi connectivity index (χ0v) is 19.7. The Morgan fingerprint density at radius 1 is 1.33 bits per heavy atom. The van der Waals surface area contributed by atoms with Crippen molar-refractivity contribution in [3.05, 3.63) is 57.2 Å². The highest BCUT2D eigenvalue weighted by Crippen LogP contribution is 2.32. The number of nitrogens with zero attached hydrogens (tertiary/aromatic N) is 4. The lowest BCUT2D eigenvalue weighted by Gasteiger charge is -2.30. The lowest BCUT2D eigenvalue weighted by Crippen LogP contribution is -2.46. The van der Waals surface area contributed by atoms with E-state index in [9.17, 15) is 14.3 Å². The Hall–Kier alpha value is -2.46. The average Bonchev–Trinajstić information content (AvgIpc) is 3.33. The van der Waals surface area contributed by atoms with E-state index in [0.717, 1.165) is 17.0 Å². The van der Waals surface area contributed by atoms with Crippen LogP contribution in [0.15, 0.2) is 18.2 Å². The number of fused-ring (bicyclic) bond motifs is 3. The summed E-state index contributed by atoms with van der Waals surface area (Å²) in [4.78, 5) is 19.6. The summed E-state index contributed by atoms with van der Waals surface area (Å²) in [6.07, 6.45) is -0.682. The molecule has 2 N–H and O–H groups in total. The van der Waals surface area contributed by atoms with Gasteiger partial charge in [0.1, 0.15) is 23.8 Å². The Balaban J connectivity index is 0.00000259. The van der Waals surface area contributed by atoms with Crippen LogP contribution in [0.4, 0.5) is 4.39 Å². The molecule has 0 unspecified atom stereocenters. The first-order chi connectivity index (χ1) is 15.3. The van der Waals surface area contributed by atoms with E-state index in [2.05, 4.69) is 15.4 Å². The molecular formula is C22H24Cl2FN5O3. The van der Waals surface area contributed by atoms with Crippen LogP contribution in [0, 0.1) is 19.7 Å². The molecule has 5 rings (SSSR count). The monoisotopic (exact) mass is 495 g/mol. The predicted octanol–water partition coefficient (Wildman–Crippen LogP) is 2.82. The number of ether oxygens (including phenoxy) is 1. The fourth-order valence-corrected chi connectivity index (χ4v) is 4.44. The molecule has 1 fully saturated rings. The normalized spacial score (nSPS) is 20.0. The number of aromatic nitrogens is 3. The van der Waals surface area contributed by atoms with E-state index in [4.69, 9.17) is 16.3 Å². The third kappa shape index (κ3) is 4.14. The zero-order chi connectivity index (χ0) is 22.6. The van der Waals surface area contributed by atoms with Gasteiger partial charge in [-0.05, 0) is 38.9 Å². The summed E-state index contributed by atoms with van der Waals surface area (Å²) < 4.78 is 21.6. The van der Waals surface area contributed by atoms with Crippen molar-refractivity contribution in [1.29, 1.82) is 0 Å². The number of nitrogens with one attached hydrogen (secondary N) is 1. The van der Waals surface area contributed by atoms with Gasteiger partial charge in [-0.15, -0.1) is 12.4 Å². The fraction of sp³-hybridized carbons (Fsp3) is 0.409. The second-order valence-corrected chi connectivity index (χ2v) is 8.65. The van der Waals surface area contributed by atoms with Gasteiger partial charge < -0.3 is 20.1 Å². The molecule has 0 aliphatic carbocycles. The Morgan fingerprint density at radius 3 is 2.88 bits per heavy atom. The van der Waals surface area contributed by atoms with Crippen LogP contribution in [0.2, 0.25) is 5.02 Å². The van der Waals surface area contributed by atoms with Crippen LogP contribution < -0.4 is 10.1 Å². The molecule has 8 nitrogen and oxygen atoms in total. The summed E-state index contributed by atoms with van der Waals surface area (Å²) in [6.45, 7) is 5.42. The number of carbonyl (C=O) groups excluding carboxylic acids is 1. The van der Waals surface area contributed by atoms with Crippen LogP contribution in [0.5, 0.6) is 5.75 Å². The summed E-state index contributed by atoms with van der Waals surface area (Å²) in [5.74, 6) is -0.660. The standard InChI is InChI=1S/C22H23ClFN5O3.ClH/c1-11-20(23)12(2)29-21(26-11)15-9-28(10-16(15)27-29)22(31)14-4-3-13(24)7-19(14)32-18-5-6-25-8-17(18)30;/h3-4,7,17-18,25,30H,5-6,8-10H2,1-2H3;1H/t17-,18-;/m0./s1. The van der Waals surface area contributed by atoms with Gasteiger partial charge >= 0.3 is 0 Å². The number of aryl methyl sites for hydroxylation is 2. The van der Waals surface area contributed by atoms with E-state index in [1.54, 1.807) is 9.42 Å². The van der Waals surface area contributed by atoms with E-state index >= 15 is 0 Å². The van der Waals surface area contributed by atoms with Crippen molar-refractivity contribution < 1.29 is 19.0 Å². The van der Waals surface area contributed by atoms with Crippen molar-refractivity contribution in [3.8, 4) is 5.75 Å². The van der Waals surface area contributed by atoms with E-state index in [1.165, 1.54) is 18.2 Å². The van der Waals surface area contributed by atoms with E-state index in [1.807, 2.05) is 13.8 Å². The molecule has 1 amide bonds. The summed E-state index contributed by atoms with van der Waals surface area (Å²) in [5, 5.41) is 18.4. The number of aliphatic hydroxyl groups excluding tert-OH is 1. The highest BCUT2D eigenvalue weighted by Gasteiger charge is 2.33. The maximum Gasteiger partial charge on any atom is 0.258 e. The number of piperidine rings is 1. The van der Waals surface area contributed by atoms with Gasteiger partial charge in [-0.3, -0.25) is 4.79 Å². The molecule has 0 saturated carbocycles. The minimum absolute atomic E-state index is 0. The summed E-state index contributed by atoms with van der Waals surface area (Å²) in [7, 11) is 0. The fourth-order valence-electron chi connectivity index (χ4n) is 4.32. The molecule has 2 aliphatic rings. The number of amides is 1. The largest absolute Gasteiger partial charge is 0.487 e. The maximum atomic E-state index is 14.0. The minimum atomic E-state index is -0.732. The molecule has 0 bridgehead atoms. The molecule has 176 valence electrons. The lowest BCUT2D eigenvalue weighted by molar-refractivity contribution is 0.0153. The summed E-state index contributed by atoms with van der Waals surface area (Å²) in [5.41, 5.74) is 4.08. The first kappa shape index (κ1) is 23.7. The van der Waals surface area contributed by atoms with Crippen molar-refractivity contribution in [2.45, 2.75) is 45.6 Å². The second-order valence-electron chi connectivity index (χ2n) is 8.28. The van der Waals surface area contributed by atoms with Crippen molar-refractivity contribution in [1.82, 2.24) is 24.8 Å². The van der Waals surface area contributed by atoms with Crippen LogP contribution in [0.1, 0.15) is 39.4 Å². The SMILES string of the molecule is Cc1nc2c3c(nn2c(C)c1Cl)CN(C(=O)c1ccc(F)cc1O[C@H]1CCNC[C@@H]1O)C3.Cl. The third-order valence-corrected chi connectivity index (χ3v) is 6.63. The molecule has 3 aromatic rings. The summed E-state index contributed by atoms with van der Waals surface area (Å²) in [6, 6.07) is 3.86. The molecule has 1 saturated heterocycles. The highest BCUT2D eigenvalue weighted by atomic mass is 35.5. The van der Waals surface area contributed by atoms with Gasteiger partial charge in [0, 0.05) is 18.2 Å². The van der Waals surface area contributed by atoms with Gasteiger partial charge in [0.05, 0.1) is 40.8 Å². The first-order valence-electron chi connectivity index (χ1n) is 10.5. The number of benzene rings is 1. The lowest BCUT2D eigenvalue weighted by atomic mass is 10.1. The minimum Gasteiger partial charge on any atom is -0.487 e. The topological polar surface area (TPSA) is 92.0 Å². The Bertz CT molecular complexity index is 1230. The second kappa shape index (κ2) is 9.06. The van der Waals surface area contributed by atoms with Crippen molar-refractivity contribution in [3.63, 3.8) is 0 Å². The van der Waals surface area contributed by atoms with Gasteiger partial charge in [0.2, 0.25) is 0 Å². The van der Waals surface area contributed by atoms with Crippen LogP contribution >= 0.6 is 24.0 Å². The van der Waals surface area contributed by atoms with Gasteiger partial charge in [0.15, 0.2) is 5.65 Å². The number of β-amino-alcohol motifs (C(OH)–C–C–N with tert-alkyl or cyclic N) is 1. The quantitative estimate of drug-likeness (QED) is 0.580. The number of aliphatic hydroxyl groups is 1. The Kier molecular flexibility index (Phi) is 6.50. The van der Waals surface area contributed by atoms with Crippen LogP contribution in [-0.2, 0) is 13.1 Å². The van der Waals surface area contributed by atoms with Crippen LogP contribution in [0.25, 0.3) is 5.65 Å². The van der Waals surface area contributed by atoms with Crippen molar-refractivity contribution in [2.24, 2.45) is 0 Å². The van der Waals surface area contributed by atoms with Gasteiger partial charge in [-0.2, -0.15) is 5.10 Å². The van der Waals surface area contributed by atoms with Crippen LogP contribution in [0.3, 0.4) is 0 Å². The molecule has 4 heterocycles. The van der Waals surface area contributed by atoms with Gasteiger partial charge in [0.25, 0.3) is 5.91 Å². The molecule has 2 aromatic heterocycles. The van der Waals surface area contributed by atoms with E-state index < -0.39 is 18.0 Å². The number of rotatable bonds is 3. The molecular weight excluding hydrogens is 472 g/mol. The third-order valence-electron chi connectivity index (χ3n) is 6.08. The number of hydrogen-bond donors (Lipinski definition) is 2. The maximum absolute atomic E-state index is 14.0. The Morgan fingerprint density at radius 2 is 2.12 bits per heavy atom. The number of carbonyl (C=O) groups is 1. The predicted molar refractivity (Wildman–Crippen MR) is 123 cm³/mol.